The van der Waals surface area contributed by atoms with Crippen LogP contribution >= 0.6 is 15.9 Å². The zero-order valence-electron chi connectivity index (χ0n) is 6.13. The quantitative estimate of drug-likeness (QED) is 0.709. The fraction of sp³-hybridized carbons (Fsp3) is 0.250. The van der Waals surface area contributed by atoms with E-state index >= 15 is 0 Å². The van der Waals surface area contributed by atoms with Gasteiger partial charge in [0.2, 0.25) is 0 Å². The molecule has 0 spiro atoms. The number of phenols is 2. The maximum absolute atomic E-state index is 9.08. The van der Waals surface area contributed by atoms with Crippen LogP contribution in [0.5, 0.6) is 11.5 Å². The number of aryl methyl sites for hydroxylation is 1. The van der Waals surface area contributed by atoms with E-state index in [0.29, 0.717) is 0 Å². The van der Waals surface area contributed by atoms with Crippen LogP contribution in [0.2, 0.25) is 0 Å². The Morgan fingerprint density at radius 2 is 1.82 bits per heavy atom. The first-order valence-electron chi connectivity index (χ1n) is 3.35. The Kier molecular flexibility index (Phi) is 2.39. The normalized spacial score (nSPS) is 10.0. The fourth-order valence-corrected chi connectivity index (χ4v) is 1.48. The predicted molar refractivity (Wildman–Crippen MR) is 46.8 cm³/mol. The average Bonchev–Trinajstić information content (AvgIpc) is 1.97. The molecule has 1 rings (SSSR count). The second kappa shape index (κ2) is 3.13. The molecule has 0 aliphatic carbocycles. The zero-order chi connectivity index (χ0) is 8.43. The number of hydrogen-bond acceptors (Lipinski definition) is 2. The second-order valence-electron chi connectivity index (χ2n) is 2.29. The molecule has 0 heterocycles. The molecule has 0 saturated heterocycles. The molecule has 2 nitrogen and oxygen atoms in total. The van der Waals surface area contributed by atoms with Gasteiger partial charge in [0.1, 0.15) is 0 Å². The lowest BCUT2D eigenvalue weighted by Gasteiger charge is -2.03. The van der Waals surface area contributed by atoms with E-state index in [1.165, 1.54) is 6.07 Å². The molecule has 0 saturated carbocycles. The van der Waals surface area contributed by atoms with Crippen molar-refractivity contribution in [3.63, 3.8) is 0 Å². The molecule has 0 amide bonds. The van der Waals surface area contributed by atoms with Crippen molar-refractivity contribution in [2.24, 2.45) is 0 Å². The van der Waals surface area contributed by atoms with Crippen LogP contribution < -0.4 is 0 Å². The van der Waals surface area contributed by atoms with Crippen LogP contribution in [0.15, 0.2) is 16.6 Å². The molecule has 1 aromatic rings. The Bertz CT molecular complexity index is 271. The van der Waals surface area contributed by atoms with Gasteiger partial charge in [0.25, 0.3) is 0 Å². The monoisotopic (exact) mass is 216 g/mol. The maximum Gasteiger partial charge on any atom is 0.158 e. The van der Waals surface area contributed by atoms with Gasteiger partial charge in [0.05, 0.1) is 0 Å². The van der Waals surface area contributed by atoms with Crippen molar-refractivity contribution in [3.8, 4) is 11.5 Å². The molecule has 1 aromatic carbocycles. The largest absolute Gasteiger partial charge is 0.504 e. The summed E-state index contributed by atoms with van der Waals surface area (Å²) in [5.74, 6) is -0.154. The number of benzene rings is 1. The Morgan fingerprint density at radius 3 is 2.36 bits per heavy atom. The molecule has 0 fully saturated rings. The van der Waals surface area contributed by atoms with Gasteiger partial charge in [-0.3, -0.25) is 0 Å². The summed E-state index contributed by atoms with van der Waals surface area (Å²) in [5.41, 5.74) is 0.986. The topological polar surface area (TPSA) is 40.5 Å². The lowest BCUT2D eigenvalue weighted by Crippen LogP contribution is -1.81. The van der Waals surface area contributed by atoms with Crippen molar-refractivity contribution in [2.75, 3.05) is 0 Å². The molecule has 3 heteroatoms. The molecule has 0 unspecified atom stereocenters. The minimum Gasteiger partial charge on any atom is -0.504 e. The van der Waals surface area contributed by atoms with E-state index in [4.69, 9.17) is 10.2 Å². The molecule has 11 heavy (non-hydrogen) atoms. The van der Waals surface area contributed by atoms with Crippen LogP contribution in [0.25, 0.3) is 0 Å². The summed E-state index contributed by atoms with van der Waals surface area (Å²) >= 11 is 3.27. The Hall–Kier alpha value is -0.700. The third-order valence-electron chi connectivity index (χ3n) is 1.52. The standard InChI is InChI=1S/C8H9BrO2/c1-2-5-3-7(10)8(11)4-6(5)9/h3-4,10-11H,2H2,1H3. The van der Waals surface area contributed by atoms with Crippen LogP contribution in [-0.2, 0) is 6.42 Å². The Morgan fingerprint density at radius 1 is 1.27 bits per heavy atom. The first-order chi connectivity index (χ1) is 5.15. The van der Waals surface area contributed by atoms with Gasteiger partial charge in [-0.05, 0) is 24.1 Å². The summed E-state index contributed by atoms with van der Waals surface area (Å²) < 4.78 is 0.829. The first-order valence-corrected chi connectivity index (χ1v) is 4.14. The molecular formula is C8H9BrO2. The number of hydrogen-bond donors (Lipinski definition) is 2. The van der Waals surface area contributed by atoms with Crippen molar-refractivity contribution in [1.29, 1.82) is 0 Å². The summed E-state index contributed by atoms with van der Waals surface area (Å²) in [4.78, 5) is 0. The lowest BCUT2D eigenvalue weighted by molar-refractivity contribution is 0.403. The van der Waals surface area contributed by atoms with Crippen molar-refractivity contribution >= 4 is 15.9 Å². The van der Waals surface area contributed by atoms with Crippen molar-refractivity contribution < 1.29 is 10.2 Å². The Labute approximate surface area is 73.6 Å². The molecular weight excluding hydrogens is 208 g/mol. The minimum atomic E-state index is -0.0888. The molecule has 0 aliphatic rings. The highest BCUT2D eigenvalue weighted by atomic mass is 79.9. The highest BCUT2D eigenvalue weighted by Gasteiger charge is 2.03. The van der Waals surface area contributed by atoms with Gasteiger partial charge in [-0.2, -0.15) is 0 Å². The third kappa shape index (κ3) is 1.66. The number of halogens is 1. The Balaban J connectivity index is 3.21. The first kappa shape index (κ1) is 8.40. The SMILES string of the molecule is CCc1cc(O)c(O)cc1Br. The van der Waals surface area contributed by atoms with Crippen LogP contribution in [0.4, 0.5) is 0 Å². The van der Waals surface area contributed by atoms with Gasteiger partial charge in [-0.25, -0.2) is 0 Å². The summed E-state index contributed by atoms with van der Waals surface area (Å²) in [5, 5.41) is 18.1. The number of phenolic OH excluding ortho intramolecular Hbond substituents is 2. The predicted octanol–water partition coefficient (Wildman–Crippen LogP) is 2.42. The molecule has 0 bridgehead atoms. The lowest BCUT2D eigenvalue weighted by atomic mass is 10.1. The number of rotatable bonds is 1. The van der Waals surface area contributed by atoms with Gasteiger partial charge >= 0.3 is 0 Å². The summed E-state index contributed by atoms with van der Waals surface area (Å²) in [6, 6.07) is 3.05. The highest BCUT2D eigenvalue weighted by Crippen LogP contribution is 2.31. The van der Waals surface area contributed by atoms with Gasteiger partial charge < -0.3 is 10.2 Å². The van der Waals surface area contributed by atoms with E-state index in [-0.39, 0.29) is 11.5 Å². The van der Waals surface area contributed by atoms with Crippen molar-refractivity contribution in [1.82, 2.24) is 0 Å². The molecule has 2 N–H and O–H groups in total. The fourth-order valence-electron chi connectivity index (χ4n) is 0.866. The van der Waals surface area contributed by atoms with Crippen molar-refractivity contribution in [2.45, 2.75) is 13.3 Å². The van der Waals surface area contributed by atoms with Gasteiger partial charge in [0.15, 0.2) is 11.5 Å². The summed E-state index contributed by atoms with van der Waals surface area (Å²) in [6.45, 7) is 1.98. The minimum absolute atomic E-state index is 0.0648. The van der Waals surface area contributed by atoms with E-state index in [2.05, 4.69) is 15.9 Å². The second-order valence-corrected chi connectivity index (χ2v) is 3.14. The third-order valence-corrected chi connectivity index (χ3v) is 2.26. The zero-order valence-corrected chi connectivity index (χ0v) is 7.72. The van der Waals surface area contributed by atoms with Gasteiger partial charge in [0, 0.05) is 4.47 Å². The van der Waals surface area contributed by atoms with E-state index < -0.39 is 0 Å². The molecule has 0 aromatic heterocycles. The summed E-state index contributed by atoms with van der Waals surface area (Å²) in [7, 11) is 0. The van der Waals surface area contributed by atoms with Crippen LogP contribution in [0, 0.1) is 0 Å². The maximum atomic E-state index is 9.08. The molecule has 0 atom stereocenters. The van der Waals surface area contributed by atoms with Crippen LogP contribution in [0.1, 0.15) is 12.5 Å². The number of aromatic hydroxyl groups is 2. The van der Waals surface area contributed by atoms with E-state index in [0.717, 1.165) is 16.5 Å². The molecule has 0 aliphatic heterocycles. The highest BCUT2D eigenvalue weighted by molar-refractivity contribution is 9.10. The van der Waals surface area contributed by atoms with Gasteiger partial charge in [-0.15, -0.1) is 0 Å². The molecule has 60 valence electrons. The smallest absolute Gasteiger partial charge is 0.158 e. The van der Waals surface area contributed by atoms with Crippen molar-refractivity contribution in [3.05, 3.63) is 22.2 Å². The molecule has 0 radical (unpaired) electrons. The van der Waals surface area contributed by atoms with E-state index in [9.17, 15) is 0 Å². The van der Waals surface area contributed by atoms with E-state index in [1.54, 1.807) is 6.07 Å². The summed E-state index contributed by atoms with van der Waals surface area (Å²) in [6.07, 6.45) is 0.828. The van der Waals surface area contributed by atoms with Gasteiger partial charge in [-0.1, -0.05) is 22.9 Å². The van der Waals surface area contributed by atoms with Crippen LogP contribution in [-0.4, -0.2) is 10.2 Å². The average molecular weight is 217 g/mol. The van der Waals surface area contributed by atoms with Crippen LogP contribution in [0.3, 0.4) is 0 Å². The van der Waals surface area contributed by atoms with E-state index in [1.807, 2.05) is 6.92 Å².